The number of hydrogen-bond acceptors (Lipinski definition) is 4. The monoisotopic (exact) mass is 367 g/mol. The zero-order valence-corrected chi connectivity index (χ0v) is 15.0. The summed E-state index contributed by atoms with van der Waals surface area (Å²) in [6.45, 7) is 0.0632. The third-order valence-electron chi connectivity index (χ3n) is 3.85. The SMILES string of the molecule is COc1ccc2ccccc2c1C=NNC(=O)CNc1ccccc1Cl. The summed E-state index contributed by atoms with van der Waals surface area (Å²) in [5.74, 6) is 0.413. The van der Waals surface area contributed by atoms with Crippen molar-refractivity contribution in [2.24, 2.45) is 5.10 Å². The summed E-state index contributed by atoms with van der Waals surface area (Å²) < 4.78 is 5.40. The van der Waals surface area contributed by atoms with Crippen molar-refractivity contribution in [2.45, 2.75) is 0 Å². The predicted octanol–water partition coefficient (Wildman–Crippen LogP) is 4.06. The van der Waals surface area contributed by atoms with Crippen LogP contribution in [0.4, 0.5) is 5.69 Å². The molecule has 0 heterocycles. The first-order chi connectivity index (χ1) is 12.7. The van der Waals surface area contributed by atoms with Crippen LogP contribution < -0.4 is 15.5 Å². The maximum atomic E-state index is 12.0. The molecule has 3 rings (SSSR count). The number of para-hydroxylation sites is 1. The van der Waals surface area contributed by atoms with Crippen molar-refractivity contribution in [1.82, 2.24) is 5.43 Å². The Kier molecular flexibility index (Phi) is 5.71. The summed E-state index contributed by atoms with van der Waals surface area (Å²) in [4.78, 5) is 12.0. The van der Waals surface area contributed by atoms with Crippen LogP contribution in [0.15, 0.2) is 65.8 Å². The van der Waals surface area contributed by atoms with Gasteiger partial charge in [0.1, 0.15) is 5.75 Å². The number of benzene rings is 3. The Hall–Kier alpha value is -3.05. The Morgan fingerprint density at radius 1 is 1.12 bits per heavy atom. The zero-order valence-electron chi connectivity index (χ0n) is 14.2. The van der Waals surface area contributed by atoms with Gasteiger partial charge >= 0.3 is 0 Å². The van der Waals surface area contributed by atoms with Gasteiger partial charge in [-0.25, -0.2) is 5.43 Å². The number of fused-ring (bicyclic) bond motifs is 1. The number of carbonyl (C=O) groups is 1. The zero-order chi connectivity index (χ0) is 18.4. The van der Waals surface area contributed by atoms with E-state index in [1.54, 1.807) is 25.5 Å². The number of anilines is 1. The maximum Gasteiger partial charge on any atom is 0.259 e. The van der Waals surface area contributed by atoms with Crippen LogP contribution in [-0.4, -0.2) is 25.8 Å². The second kappa shape index (κ2) is 8.36. The lowest BCUT2D eigenvalue weighted by Gasteiger charge is -2.09. The number of rotatable bonds is 6. The number of hydrazone groups is 1. The van der Waals surface area contributed by atoms with Crippen LogP contribution in [0.3, 0.4) is 0 Å². The largest absolute Gasteiger partial charge is 0.496 e. The molecule has 3 aromatic carbocycles. The summed E-state index contributed by atoms with van der Waals surface area (Å²) in [7, 11) is 1.60. The third-order valence-corrected chi connectivity index (χ3v) is 4.18. The molecule has 132 valence electrons. The fourth-order valence-electron chi connectivity index (χ4n) is 2.58. The van der Waals surface area contributed by atoms with Crippen LogP contribution in [0.2, 0.25) is 5.02 Å². The minimum atomic E-state index is -0.277. The topological polar surface area (TPSA) is 62.7 Å². The van der Waals surface area contributed by atoms with Crippen molar-refractivity contribution >= 4 is 40.2 Å². The molecule has 1 amide bonds. The standard InChI is InChI=1S/C20H18ClN3O2/c1-26-19-11-10-14-6-2-3-7-15(14)16(19)12-23-24-20(25)13-22-18-9-5-4-8-17(18)21/h2-12,22H,13H2,1H3,(H,24,25). The van der Waals surface area contributed by atoms with E-state index in [1.165, 1.54) is 0 Å². The molecule has 0 unspecified atom stereocenters. The molecular formula is C20H18ClN3O2. The molecule has 0 radical (unpaired) electrons. The number of halogens is 1. The normalized spacial score (nSPS) is 10.8. The average molecular weight is 368 g/mol. The number of hydrogen-bond donors (Lipinski definition) is 2. The molecule has 5 nitrogen and oxygen atoms in total. The van der Waals surface area contributed by atoms with Gasteiger partial charge in [0.25, 0.3) is 5.91 Å². The van der Waals surface area contributed by atoms with E-state index >= 15 is 0 Å². The summed E-state index contributed by atoms with van der Waals surface area (Å²) >= 11 is 6.04. The molecule has 26 heavy (non-hydrogen) atoms. The number of methoxy groups -OCH3 is 1. The van der Waals surface area contributed by atoms with E-state index in [-0.39, 0.29) is 12.5 Å². The van der Waals surface area contributed by atoms with Crippen molar-refractivity contribution in [1.29, 1.82) is 0 Å². The van der Waals surface area contributed by atoms with Gasteiger partial charge in [-0.2, -0.15) is 5.10 Å². The van der Waals surface area contributed by atoms with Gasteiger partial charge in [0.05, 0.1) is 30.6 Å². The van der Waals surface area contributed by atoms with Crippen molar-refractivity contribution in [3.8, 4) is 5.75 Å². The average Bonchev–Trinajstić information content (AvgIpc) is 2.67. The fourth-order valence-corrected chi connectivity index (χ4v) is 2.78. The van der Waals surface area contributed by atoms with Gasteiger partial charge in [-0.3, -0.25) is 4.79 Å². The Morgan fingerprint density at radius 3 is 2.69 bits per heavy atom. The van der Waals surface area contributed by atoms with Gasteiger partial charge in [0, 0.05) is 5.56 Å². The van der Waals surface area contributed by atoms with E-state index in [0.29, 0.717) is 16.5 Å². The van der Waals surface area contributed by atoms with Crippen molar-refractivity contribution in [2.75, 3.05) is 19.0 Å². The molecule has 0 saturated carbocycles. The molecule has 0 atom stereocenters. The van der Waals surface area contributed by atoms with E-state index in [1.807, 2.05) is 48.5 Å². The third kappa shape index (κ3) is 4.13. The summed E-state index contributed by atoms with van der Waals surface area (Å²) in [5, 5.41) is 9.66. The Morgan fingerprint density at radius 2 is 1.88 bits per heavy atom. The van der Waals surface area contributed by atoms with Gasteiger partial charge in [-0.1, -0.05) is 54.1 Å². The number of ether oxygens (including phenoxy) is 1. The van der Waals surface area contributed by atoms with Crippen LogP contribution in [0.25, 0.3) is 10.8 Å². The minimum Gasteiger partial charge on any atom is -0.496 e. The van der Waals surface area contributed by atoms with Crippen molar-refractivity contribution in [3.05, 3.63) is 71.2 Å². The first-order valence-electron chi connectivity index (χ1n) is 8.05. The van der Waals surface area contributed by atoms with E-state index in [4.69, 9.17) is 16.3 Å². The molecule has 0 spiro atoms. The molecule has 0 aliphatic heterocycles. The van der Waals surface area contributed by atoms with Gasteiger partial charge in [0.15, 0.2) is 0 Å². The highest BCUT2D eigenvalue weighted by Gasteiger charge is 2.06. The molecule has 0 bridgehead atoms. The van der Waals surface area contributed by atoms with Crippen molar-refractivity contribution in [3.63, 3.8) is 0 Å². The highest BCUT2D eigenvalue weighted by molar-refractivity contribution is 6.33. The second-order valence-corrected chi connectivity index (χ2v) is 5.94. The van der Waals surface area contributed by atoms with Crippen molar-refractivity contribution < 1.29 is 9.53 Å². The molecule has 0 saturated heterocycles. The lowest BCUT2D eigenvalue weighted by molar-refractivity contribution is -0.119. The highest BCUT2D eigenvalue weighted by atomic mass is 35.5. The van der Waals surface area contributed by atoms with Gasteiger partial charge in [0.2, 0.25) is 0 Å². The smallest absolute Gasteiger partial charge is 0.259 e. The van der Waals surface area contributed by atoms with Crippen LogP contribution in [0.1, 0.15) is 5.56 Å². The van der Waals surface area contributed by atoms with E-state index in [2.05, 4.69) is 15.8 Å². The van der Waals surface area contributed by atoms with Crippen LogP contribution in [0.5, 0.6) is 5.75 Å². The van der Waals surface area contributed by atoms with Gasteiger partial charge in [-0.05, 0) is 29.0 Å². The molecule has 2 N–H and O–H groups in total. The predicted molar refractivity (Wildman–Crippen MR) is 106 cm³/mol. The second-order valence-electron chi connectivity index (χ2n) is 5.53. The Bertz CT molecular complexity index is 957. The molecule has 0 aliphatic carbocycles. The van der Waals surface area contributed by atoms with Crippen LogP contribution in [0, 0.1) is 0 Å². The summed E-state index contributed by atoms with van der Waals surface area (Å²) in [6, 6.07) is 19.0. The number of nitrogens with zero attached hydrogens (tertiary/aromatic N) is 1. The fraction of sp³-hybridized carbons (Fsp3) is 0.100. The van der Waals surface area contributed by atoms with Crippen LogP contribution >= 0.6 is 11.6 Å². The number of carbonyl (C=O) groups excluding carboxylic acids is 1. The molecule has 3 aromatic rings. The maximum absolute atomic E-state index is 12.0. The number of nitrogens with one attached hydrogen (secondary N) is 2. The molecule has 0 aliphatic rings. The van der Waals surface area contributed by atoms with Gasteiger partial charge in [-0.15, -0.1) is 0 Å². The van der Waals surface area contributed by atoms with E-state index in [0.717, 1.165) is 16.3 Å². The number of amides is 1. The first-order valence-corrected chi connectivity index (χ1v) is 8.43. The van der Waals surface area contributed by atoms with E-state index < -0.39 is 0 Å². The molecular weight excluding hydrogens is 350 g/mol. The quantitative estimate of drug-likeness (QED) is 0.510. The summed E-state index contributed by atoms with van der Waals surface area (Å²) in [5.41, 5.74) is 4.01. The Balaban J connectivity index is 1.68. The first kappa shape index (κ1) is 17.8. The lowest BCUT2D eigenvalue weighted by Crippen LogP contribution is -2.26. The Labute approximate surface area is 156 Å². The molecule has 0 aromatic heterocycles. The molecule has 0 fully saturated rings. The van der Waals surface area contributed by atoms with Gasteiger partial charge < -0.3 is 10.1 Å². The highest BCUT2D eigenvalue weighted by Crippen LogP contribution is 2.26. The molecule has 6 heteroatoms. The van der Waals surface area contributed by atoms with E-state index in [9.17, 15) is 4.79 Å². The minimum absolute atomic E-state index is 0.0632. The van der Waals surface area contributed by atoms with Crippen LogP contribution in [-0.2, 0) is 4.79 Å². The lowest BCUT2D eigenvalue weighted by atomic mass is 10.0. The summed E-state index contributed by atoms with van der Waals surface area (Å²) in [6.07, 6.45) is 1.59.